The molecule has 22 heavy (non-hydrogen) atoms. The van der Waals surface area contributed by atoms with Crippen molar-refractivity contribution in [3.8, 4) is 11.5 Å². The minimum Gasteiger partial charge on any atom is -0.493 e. The number of hydrogen-bond donors (Lipinski definition) is 1. The fraction of sp³-hybridized carbons (Fsp3) is 0.533. The molecule has 2 rings (SSSR count). The van der Waals surface area contributed by atoms with Crippen LogP contribution in [0.3, 0.4) is 0 Å². The molecule has 1 aliphatic rings. The second-order valence-corrected chi connectivity index (χ2v) is 5.92. The minimum absolute atomic E-state index is 0. The number of benzene rings is 1. The Morgan fingerprint density at radius 1 is 1.32 bits per heavy atom. The predicted octanol–water partition coefficient (Wildman–Crippen LogP) is 2.58. The van der Waals surface area contributed by atoms with E-state index in [1.807, 2.05) is 36.9 Å². The Morgan fingerprint density at radius 3 is 2.68 bits per heavy atom. The number of guanidine groups is 1. The summed E-state index contributed by atoms with van der Waals surface area (Å²) in [6, 6.07) is 5.86. The van der Waals surface area contributed by atoms with Crippen molar-refractivity contribution in [3.63, 3.8) is 0 Å². The standard InChI is InChI=1S/C15H23N3O2S.HI/c1-3-20-14-10-12(4-5-13(14)19-2)11-17-15(16)18-6-8-21-9-7-18;/h4-5,10H,3,6-9,11H2,1-2H3,(H2,16,17);1H. The van der Waals surface area contributed by atoms with Crippen LogP contribution in [0.25, 0.3) is 0 Å². The molecular weight excluding hydrogens is 413 g/mol. The van der Waals surface area contributed by atoms with Gasteiger partial charge in [-0.3, -0.25) is 0 Å². The zero-order valence-electron chi connectivity index (χ0n) is 13.1. The fourth-order valence-electron chi connectivity index (χ4n) is 2.15. The number of halogens is 1. The molecule has 124 valence electrons. The molecule has 0 spiro atoms. The van der Waals surface area contributed by atoms with Gasteiger partial charge >= 0.3 is 0 Å². The van der Waals surface area contributed by atoms with Gasteiger partial charge in [-0.05, 0) is 24.6 Å². The first-order chi connectivity index (χ1) is 10.2. The monoisotopic (exact) mass is 437 g/mol. The first-order valence-corrected chi connectivity index (χ1v) is 8.32. The van der Waals surface area contributed by atoms with E-state index in [-0.39, 0.29) is 24.0 Å². The van der Waals surface area contributed by atoms with E-state index in [1.165, 1.54) is 0 Å². The number of thioether (sulfide) groups is 1. The van der Waals surface area contributed by atoms with Crippen LogP contribution in [0.2, 0.25) is 0 Å². The third-order valence-corrected chi connectivity index (χ3v) is 4.23. The van der Waals surface area contributed by atoms with Crippen LogP contribution in [-0.4, -0.2) is 49.2 Å². The van der Waals surface area contributed by atoms with Gasteiger partial charge in [0.25, 0.3) is 0 Å². The van der Waals surface area contributed by atoms with Crippen LogP contribution in [0.15, 0.2) is 23.2 Å². The highest BCUT2D eigenvalue weighted by Crippen LogP contribution is 2.28. The highest BCUT2D eigenvalue weighted by Gasteiger charge is 2.12. The molecule has 0 aliphatic carbocycles. The number of methoxy groups -OCH3 is 1. The second-order valence-electron chi connectivity index (χ2n) is 4.69. The first-order valence-electron chi connectivity index (χ1n) is 7.17. The molecule has 1 aromatic rings. The maximum atomic E-state index is 6.06. The Labute approximate surface area is 153 Å². The normalized spacial score (nSPS) is 15.2. The lowest BCUT2D eigenvalue weighted by molar-refractivity contribution is 0.310. The highest BCUT2D eigenvalue weighted by molar-refractivity contribution is 14.0. The molecule has 1 aromatic carbocycles. The van der Waals surface area contributed by atoms with Gasteiger partial charge in [-0.2, -0.15) is 11.8 Å². The Morgan fingerprint density at radius 2 is 2.05 bits per heavy atom. The summed E-state index contributed by atoms with van der Waals surface area (Å²) >= 11 is 1.96. The quantitative estimate of drug-likeness (QED) is 0.436. The number of rotatable bonds is 5. The van der Waals surface area contributed by atoms with Crippen LogP contribution >= 0.6 is 35.7 Å². The highest BCUT2D eigenvalue weighted by atomic mass is 127. The number of ether oxygens (including phenoxy) is 2. The molecule has 0 radical (unpaired) electrons. The van der Waals surface area contributed by atoms with E-state index in [4.69, 9.17) is 15.2 Å². The zero-order chi connectivity index (χ0) is 15.1. The molecule has 0 atom stereocenters. The van der Waals surface area contributed by atoms with Crippen molar-refractivity contribution >= 4 is 41.7 Å². The van der Waals surface area contributed by atoms with Crippen LogP contribution < -0.4 is 15.2 Å². The number of hydrogen-bond acceptors (Lipinski definition) is 4. The molecule has 0 unspecified atom stereocenters. The molecule has 0 bridgehead atoms. The summed E-state index contributed by atoms with van der Waals surface area (Å²) in [6.07, 6.45) is 0. The number of nitrogens with zero attached hydrogens (tertiary/aromatic N) is 2. The first kappa shape index (κ1) is 19.2. The van der Waals surface area contributed by atoms with Crippen LogP contribution in [0, 0.1) is 0 Å². The van der Waals surface area contributed by atoms with Crippen LogP contribution in [0.5, 0.6) is 11.5 Å². The summed E-state index contributed by atoms with van der Waals surface area (Å²) in [7, 11) is 1.64. The van der Waals surface area contributed by atoms with Crippen molar-refractivity contribution in [1.82, 2.24) is 4.90 Å². The van der Waals surface area contributed by atoms with Gasteiger partial charge in [0.15, 0.2) is 17.5 Å². The van der Waals surface area contributed by atoms with Crippen molar-refractivity contribution in [1.29, 1.82) is 0 Å². The lowest BCUT2D eigenvalue weighted by atomic mass is 10.2. The van der Waals surface area contributed by atoms with Gasteiger partial charge in [0.05, 0.1) is 20.3 Å². The smallest absolute Gasteiger partial charge is 0.191 e. The van der Waals surface area contributed by atoms with Crippen LogP contribution in [0.4, 0.5) is 0 Å². The Kier molecular flexibility index (Phi) is 8.77. The summed E-state index contributed by atoms with van der Waals surface area (Å²) in [6.45, 7) is 5.08. The third-order valence-electron chi connectivity index (χ3n) is 3.29. The summed E-state index contributed by atoms with van der Waals surface area (Å²) in [5.74, 6) is 4.36. The maximum Gasteiger partial charge on any atom is 0.191 e. The van der Waals surface area contributed by atoms with E-state index in [0.29, 0.717) is 19.1 Å². The molecule has 0 saturated carbocycles. The number of nitrogens with two attached hydrogens (primary N) is 1. The summed E-state index contributed by atoms with van der Waals surface area (Å²) in [4.78, 5) is 6.63. The van der Waals surface area contributed by atoms with Gasteiger partial charge in [-0.15, -0.1) is 24.0 Å². The fourth-order valence-corrected chi connectivity index (χ4v) is 3.06. The van der Waals surface area contributed by atoms with Gasteiger partial charge in [-0.25, -0.2) is 4.99 Å². The maximum absolute atomic E-state index is 6.06. The SMILES string of the molecule is CCOc1cc(CN=C(N)N2CCSCC2)ccc1OC.I. The summed E-state index contributed by atoms with van der Waals surface area (Å²) < 4.78 is 10.9. The molecule has 0 aromatic heterocycles. The molecule has 7 heteroatoms. The molecule has 1 heterocycles. The van der Waals surface area contributed by atoms with E-state index in [9.17, 15) is 0 Å². The molecule has 1 aliphatic heterocycles. The van der Waals surface area contributed by atoms with Gasteiger partial charge in [0.2, 0.25) is 0 Å². The van der Waals surface area contributed by atoms with Gasteiger partial charge in [-0.1, -0.05) is 6.07 Å². The van der Waals surface area contributed by atoms with E-state index < -0.39 is 0 Å². The lowest BCUT2D eigenvalue weighted by Gasteiger charge is -2.27. The van der Waals surface area contributed by atoms with Crippen molar-refractivity contribution in [2.75, 3.05) is 38.3 Å². The molecular formula is C15H24IN3O2S. The van der Waals surface area contributed by atoms with E-state index in [0.717, 1.165) is 41.7 Å². The van der Waals surface area contributed by atoms with Gasteiger partial charge in [0, 0.05) is 24.6 Å². The van der Waals surface area contributed by atoms with E-state index >= 15 is 0 Å². The molecule has 1 saturated heterocycles. The number of aliphatic imine (C=N–C) groups is 1. The van der Waals surface area contributed by atoms with Crippen molar-refractivity contribution < 1.29 is 9.47 Å². The molecule has 5 nitrogen and oxygen atoms in total. The zero-order valence-corrected chi connectivity index (χ0v) is 16.2. The van der Waals surface area contributed by atoms with Gasteiger partial charge < -0.3 is 20.1 Å². The Balaban J connectivity index is 0.00000242. The van der Waals surface area contributed by atoms with E-state index in [2.05, 4.69) is 9.89 Å². The third kappa shape index (κ3) is 5.42. The van der Waals surface area contributed by atoms with Crippen molar-refractivity contribution in [3.05, 3.63) is 23.8 Å². The predicted molar refractivity (Wildman–Crippen MR) is 104 cm³/mol. The lowest BCUT2D eigenvalue weighted by Crippen LogP contribution is -2.42. The average Bonchev–Trinajstić information content (AvgIpc) is 2.54. The second kappa shape index (κ2) is 10.0. The largest absolute Gasteiger partial charge is 0.493 e. The summed E-state index contributed by atoms with van der Waals surface area (Å²) in [5, 5.41) is 0. The Hall–Kier alpha value is -0.830. The average molecular weight is 437 g/mol. The van der Waals surface area contributed by atoms with Crippen LogP contribution in [-0.2, 0) is 6.54 Å². The Bertz CT molecular complexity index is 494. The topological polar surface area (TPSA) is 60.1 Å². The summed E-state index contributed by atoms with van der Waals surface area (Å²) in [5.41, 5.74) is 7.12. The molecule has 0 amide bonds. The molecule has 1 fully saturated rings. The van der Waals surface area contributed by atoms with Crippen LogP contribution in [0.1, 0.15) is 12.5 Å². The van der Waals surface area contributed by atoms with E-state index in [1.54, 1.807) is 7.11 Å². The van der Waals surface area contributed by atoms with Crippen molar-refractivity contribution in [2.24, 2.45) is 10.7 Å². The van der Waals surface area contributed by atoms with Gasteiger partial charge in [0.1, 0.15) is 0 Å². The van der Waals surface area contributed by atoms with Crippen molar-refractivity contribution in [2.45, 2.75) is 13.5 Å². The minimum atomic E-state index is 0. The molecule has 2 N–H and O–H groups in total.